The largest absolute Gasteiger partial charge is 0.497 e. The number of anilines is 2. The van der Waals surface area contributed by atoms with E-state index in [4.69, 9.17) is 15.2 Å². The van der Waals surface area contributed by atoms with E-state index >= 15 is 0 Å². The van der Waals surface area contributed by atoms with Crippen molar-refractivity contribution in [2.45, 2.75) is 0 Å². The molecule has 164 valence electrons. The van der Waals surface area contributed by atoms with E-state index < -0.39 is 0 Å². The van der Waals surface area contributed by atoms with Gasteiger partial charge in [0.05, 0.1) is 25.9 Å². The first-order valence-electron chi connectivity index (χ1n) is 10.2. The molecule has 0 bridgehead atoms. The number of carbonyl (C=O) groups is 2. The molecule has 2 heterocycles. The highest BCUT2D eigenvalue weighted by Gasteiger charge is 2.19. The smallest absolute Gasteiger partial charge is 0.259 e. The lowest BCUT2D eigenvalue weighted by atomic mass is 10.0. The van der Waals surface area contributed by atoms with Crippen molar-refractivity contribution in [3.05, 3.63) is 71.9 Å². The highest BCUT2D eigenvalue weighted by molar-refractivity contribution is 6.08. The Morgan fingerprint density at radius 2 is 1.81 bits per heavy atom. The van der Waals surface area contributed by atoms with Gasteiger partial charge >= 0.3 is 0 Å². The van der Waals surface area contributed by atoms with Gasteiger partial charge < -0.3 is 25.4 Å². The molecule has 3 N–H and O–H groups in total. The second-order valence-electron chi connectivity index (χ2n) is 7.32. The van der Waals surface area contributed by atoms with Crippen LogP contribution in [-0.2, 0) is 4.74 Å². The van der Waals surface area contributed by atoms with Crippen molar-refractivity contribution in [3.8, 4) is 16.9 Å². The van der Waals surface area contributed by atoms with Crippen molar-refractivity contribution >= 4 is 23.3 Å². The van der Waals surface area contributed by atoms with E-state index in [0.29, 0.717) is 43.3 Å². The lowest BCUT2D eigenvalue weighted by molar-refractivity contribution is 0.0303. The van der Waals surface area contributed by atoms with Crippen molar-refractivity contribution in [3.63, 3.8) is 0 Å². The van der Waals surface area contributed by atoms with Gasteiger partial charge in [0.15, 0.2) is 0 Å². The maximum atomic E-state index is 12.8. The Kier molecular flexibility index (Phi) is 6.32. The summed E-state index contributed by atoms with van der Waals surface area (Å²) < 4.78 is 10.5. The molecule has 1 fully saturated rings. The van der Waals surface area contributed by atoms with Gasteiger partial charge in [0.2, 0.25) is 0 Å². The topological polar surface area (TPSA) is 107 Å². The van der Waals surface area contributed by atoms with Crippen LogP contribution in [0.25, 0.3) is 11.1 Å². The summed E-state index contributed by atoms with van der Waals surface area (Å²) in [7, 11) is 1.56. The Labute approximate surface area is 186 Å². The predicted octanol–water partition coefficient (Wildman–Crippen LogP) is 3.06. The highest BCUT2D eigenvalue weighted by atomic mass is 16.5. The fraction of sp³-hybridized carbons (Fsp3) is 0.208. The van der Waals surface area contributed by atoms with E-state index in [1.165, 1.54) is 0 Å². The molecule has 1 aromatic heterocycles. The number of nitrogens with zero attached hydrogens (tertiary/aromatic N) is 2. The number of amides is 2. The van der Waals surface area contributed by atoms with Gasteiger partial charge in [-0.2, -0.15) is 0 Å². The van der Waals surface area contributed by atoms with Crippen LogP contribution in [0.1, 0.15) is 20.7 Å². The van der Waals surface area contributed by atoms with Gasteiger partial charge in [-0.1, -0.05) is 18.2 Å². The van der Waals surface area contributed by atoms with Crippen LogP contribution in [0.5, 0.6) is 5.75 Å². The standard InChI is InChI=1S/C24H24N4O4/c1-31-20-4-2-3-19(14-20)27-23(29)21-13-18(15-26-22(21)25)16-5-7-17(8-6-16)24(30)28-9-11-32-12-10-28/h2-8,13-15H,9-12H2,1H3,(H2,25,26)(H,27,29). The van der Waals surface area contributed by atoms with E-state index in [1.54, 1.807) is 60.7 Å². The molecule has 1 aliphatic rings. The first-order chi connectivity index (χ1) is 15.5. The second-order valence-corrected chi connectivity index (χ2v) is 7.32. The lowest BCUT2D eigenvalue weighted by Crippen LogP contribution is -2.40. The molecule has 1 aliphatic heterocycles. The van der Waals surface area contributed by atoms with E-state index in [0.717, 1.165) is 11.1 Å². The third-order valence-electron chi connectivity index (χ3n) is 5.25. The van der Waals surface area contributed by atoms with Crippen molar-refractivity contribution in [1.29, 1.82) is 0 Å². The molecule has 4 rings (SSSR count). The second kappa shape index (κ2) is 9.49. The van der Waals surface area contributed by atoms with Gasteiger partial charge in [0, 0.05) is 42.2 Å². The average Bonchev–Trinajstić information content (AvgIpc) is 2.84. The third kappa shape index (κ3) is 4.70. The Morgan fingerprint density at radius 3 is 2.53 bits per heavy atom. The minimum atomic E-state index is -0.371. The van der Waals surface area contributed by atoms with Crippen LogP contribution in [0.15, 0.2) is 60.8 Å². The molecule has 8 nitrogen and oxygen atoms in total. The molecule has 0 unspecified atom stereocenters. The summed E-state index contributed by atoms with van der Waals surface area (Å²) in [5, 5.41) is 2.81. The summed E-state index contributed by atoms with van der Waals surface area (Å²) in [5.41, 5.74) is 8.97. The zero-order chi connectivity index (χ0) is 22.5. The number of rotatable bonds is 5. The first kappa shape index (κ1) is 21.3. The van der Waals surface area contributed by atoms with Gasteiger partial charge in [-0.25, -0.2) is 4.98 Å². The molecular formula is C24H24N4O4. The van der Waals surface area contributed by atoms with Crippen LogP contribution in [0.3, 0.4) is 0 Å². The maximum absolute atomic E-state index is 12.8. The van der Waals surface area contributed by atoms with Crippen LogP contribution in [-0.4, -0.2) is 55.1 Å². The van der Waals surface area contributed by atoms with E-state index in [2.05, 4.69) is 10.3 Å². The molecule has 0 atom stereocenters. The summed E-state index contributed by atoms with van der Waals surface area (Å²) in [6, 6.07) is 16.0. The molecule has 0 saturated carbocycles. The average molecular weight is 432 g/mol. The Hall–Kier alpha value is -3.91. The number of hydrogen-bond acceptors (Lipinski definition) is 6. The monoisotopic (exact) mass is 432 g/mol. The van der Waals surface area contributed by atoms with Crippen LogP contribution in [0, 0.1) is 0 Å². The highest BCUT2D eigenvalue weighted by Crippen LogP contribution is 2.24. The van der Waals surface area contributed by atoms with Crippen LogP contribution >= 0.6 is 0 Å². The quantitative estimate of drug-likeness (QED) is 0.642. The molecule has 32 heavy (non-hydrogen) atoms. The minimum absolute atomic E-state index is 0.0198. The molecule has 0 radical (unpaired) electrons. The summed E-state index contributed by atoms with van der Waals surface area (Å²) in [6.07, 6.45) is 1.61. The third-order valence-corrected chi connectivity index (χ3v) is 5.25. The van der Waals surface area contributed by atoms with Crippen molar-refractivity contribution in [2.75, 3.05) is 44.5 Å². The van der Waals surface area contributed by atoms with Gasteiger partial charge in [-0.15, -0.1) is 0 Å². The summed E-state index contributed by atoms with van der Waals surface area (Å²) in [4.78, 5) is 31.4. The summed E-state index contributed by atoms with van der Waals surface area (Å²) >= 11 is 0. The number of nitrogen functional groups attached to an aromatic ring is 1. The zero-order valence-electron chi connectivity index (χ0n) is 17.7. The molecule has 3 aromatic rings. The van der Waals surface area contributed by atoms with E-state index in [-0.39, 0.29) is 23.2 Å². The van der Waals surface area contributed by atoms with E-state index in [9.17, 15) is 9.59 Å². The molecule has 1 saturated heterocycles. The number of carbonyl (C=O) groups excluding carboxylic acids is 2. The lowest BCUT2D eigenvalue weighted by Gasteiger charge is -2.26. The van der Waals surface area contributed by atoms with Gasteiger partial charge in [-0.3, -0.25) is 9.59 Å². The van der Waals surface area contributed by atoms with Gasteiger partial charge in [0.25, 0.3) is 11.8 Å². The Bertz CT molecular complexity index is 1130. The summed E-state index contributed by atoms with van der Waals surface area (Å²) in [6.45, 7) is 2.30. The maximum Gasteiger partial charge on any atom is 0.259 e. The molecule has 2 aromatic carbocycles. The van der Waals surface area contributed by atoms with Crippen LogP contribution in [0.4, 0.5) is 11.5 Å². The fourth-order valence-corrected chi connectivity index (χ4v) is 3.47. The molecule has 0 spiro atoms. The normalized spacial score (nSPS) is 13.5. The van der Waals surface area contributed by atoms with Crippen molar-refractivity contribution in [1.82, 2.24) is 9.88 Å². The number of nitrogens with one attached hydrogen (secondary N) is 1. The number of hydrogen-bond donors (Lipinski definition) is 2. The summed E-state index contributed by atoms with van der Waals surface area (Å²) in [5.74, 6) is 0.375. The number of morpholine rings is 1. The Morgan fingerprint density at radius 1 is 1.06 bits per heavy atom. The number of ether oxygens (including phenoxy) is 2. The number of aromatic nitrogens is 1. The fourth-order valence-electron chi connectivity index (χ4n) is 3.47. The van der Waals surface area contributed by atoms with Crippen LogP contribution < -0.4 is 15.8 Å². The number of methoxy groups -OCH3 is 1. The molecular weight excluding hydrogens is 408 g/mol. The molecule has 8 heteroatoms. The number of benzene rings is 2. The SMILES string of the molecule is COc1cccc(NC(=O)c2cc(-c3ccc(C(=O)N4CCOCC4)cc3)cnc2N)c1. The zero-order valence-corrected chi connectivity index (χ0v) is 17.7. The van der Waals surface area contributed by atoms with Crippen molar-refractivity contribution in [2.24, 2.45) is 0 Å². The molecule has 2 amide bonds. The number of pyridine rings is 1. The van der Waals surface area contributed by atoms with Gasteiger partial charge in [0.1, 0.15) is 11.6 Å². The predicted molar refractivity (Wildman–Crippen MR) is 122 cm³/mol. The van der Waals surface area contributed by atoms with Crippen LogP contribution in [0.2, 0.25) is 0 Å². The first-order valence-corrected chi connectivity index (χ1v) is 10.2. The van der Waals surface area contributed by atoms with E-state index in [1.807, 2.05) is 12.1 Å². The van der Waals surface area contributed by atoms with Crippen molar-refractivity contribution < 1.29 is 19.1 Å². The number of nitrogens with two attached hydrogens (primary N) is 1. The molecule has 0 aliphatic carbocycles. The minimum Gasteiger partial charge on any atom is -0.497 e. The Balaban J connectivity index is 1.52. The van der Waals surface area contributed by atoms with Gasteiger partial charge in [-0.05, 0) is 35.9 Å².